The summed E-state index contributed by atoms with van der Waals surface area (Å²) < 4.78 is 1.77. The van der Waals surface area contributed by atoms with E-state index in [0.29, 0.717) is 6.54 Å². The summed E-state index contributed by atoms with van der Waals surface area (Å²) in [5, 5.41) is 6.34. The third kappa shape index (κ3) is 3.38. The van der Waals surface area contributed by atoms with Crippen LogP contribution in [0.15, 0.2) is 18.5 Å². The number of carbonyl (C=O) groups excluding carboxylic acids is 1. The predicted octanol–water partition coefficient (Wildman–Crippen LogP) is 1.02. The lowest BCUT2D eigenvalue weighted by molar-refractivity contribution is -0.121. The monoisotopic (exact) mass is 215 g/mol. The summed E-state index contributed by atoms with van der Waals surface area (Å²) in [6.45, 7) is 4.22. The first-order valence-corrected chi connectivity index (χ1v) is 4.95. The number of hydrogen-bond acceptors (Lipinski definition) is 2. The van der Waals surface area contributed by atoms with Crippen LogP contribution >= 0.6 is 11.6 Å². The number of hydrogen-bond donors (Lipinski definition) is 1. The number of halogens is 1. The Bertz CT molecular complexity index is 284. The van der Waals surface area contributed by atoms with Gasteiger partial charge in [0.2, 0.25) is 5.91 Å². The molecule has 1 rings (SSSR count). The average molecular weight is 216 g/mol. The molecule has 78 valence electrons. The molecule has 0 aliphatic heterocycles. The highest BCUT2D eigenvalue weighted by Gasteiger charge is 2.12. The molecular formula is C9H14ClN3O. The minimum Gasteiger partial charge on any atom is -0.351 e. The molecular weight excluding hydrogens is 202 g/mol. The van der Waals surface area contributed by atoms with Crippen molar-refractivity contribution in [1.29, 1.82) is 0 Å². The topological polar surface area (TPSA) is 46.9 Å². The maximum Gasteiger partial charge on any atom is 0.238 e. The van der Waals surface area contributed by atoms with Crippen LogP contribution in [0.1, 0.15) is 13.8 Å². The lowest BCUT2D eigenvalue weighted by Gasteiger charge is -2.14. The van der Waals surface area contributed by atoms with Crippen LogP contribution in [0, 0.1) is 0 Å². The van der Waals surface area contributed by atoms with Gasteiger partial charge < -0.3 is 5.32 Å². The van der Waals surface area contributed by atoms with Crippen molar-refractivity contribution < 1.29 is 4.79 Å². The predicted molar refractivity (Wildman–Crippen MR) is 55.1 cm³/mol. The average Bonchev–Trinajstić information content (AvgIpc) is 2.56. The quantitative estimate of drug-likeness (QED) is 0.763. The molecule has 0 aromatic carbocycles. The van der Waals surface area contributed by atoms with Gasteiger partial charge in [-0.15, -0.1) is 11.6 Å². The molecule has 1 aromatic heterocycles. The maximum atomic E-state index is 11.2. The van der Waals surface area contributed by atoms with Crippen molar-refractivity contribution in [2.45, 2.75) is 31.8 Å². The summed E-state index contributed by atoms with van der Waals surface area (Å²) in [6, 6.07) is 1.88. The van der Waals surface area contributed by atoms with E-state index in [4.69, 9.17) is 11.6 Å². The highest BCUT2D eigenvalue weighted by molar-refractivity contribution is 6.30. The van der Waals surface area contributed by atoms with Crippen LogP contribution in [-0.2, 0) is 11.3 Å². The molecule has 1 heterocycles. The van der Waals surface area contributed by atoms with Crippen molar-refractivity contribution >= 4 is 17.5 Å². The van der Waals surface area contributed by atoms with Gasteiger partial charge in [0.15, 0.2) is 0 Å². The summed E-state index contributed by atoms with van der Waals surface area (Å²) in [6.07, 6.45) is 3.56. The first-order chi connectivity index (χ1) is 6.59. The molecule has 0 bridgehead atoms. The van der Waals surface area contributed by atoms with E-state index in [1.54, 1.807) is 17.8 Å². The number of amides is 1. The molecule has 5 heteroatoms. The van der Waals surface area contributed by atoms with Gasteiger partial charge in [-0.3, -0.25) is 9.48 Å². The Morgan fingerprint density at radius 1 is 1.64 bits per heavy atom. The number of nitrogens with zero attached hydrogens (tertiary/aromatic N) is 2. The molecule has 0 saturated heterocycles. The molecule has 0 fully saturated rings. The molecule has 1 aromatic rings. The Labute approximate surface area is 88.2 Å². The first-order valence-electron chi connectivity index (χ1n) is 4.51. The fourth-order valence-corrected chi connectivity index (χ4v) is 1.16. The number of carbonyl (C=O) groups is 1. The van der Waals surface area contributed by atoms with Crippen molar-refractivity contribution in [1.82, 2.24) is 15.1 Å². The highest BCUT2D eigenvalue weighted by Crippen LogP contribution is 1.96. The van der Waals surface area contributed by atoms with Gasteiger partial charge >= 0.3 is 0 Å². The van der Waals surface area contributed by atoms with Crippen LogP contribution in [0.25, 0.3) is 0 Å². The van der Waals surface area contributed by atoms with E-state index < -0.39 is 5.38 Å². The Hall–Kier alpha value is -1.03. The molecule has 0 spiro atoms. The van der Waals surface area contributed by atoms with Crippen LogP contribution < -0.4 is 5.32 Å². The van der Waals surface area contributed by atoms with Crippen LogP contribution in [-0.4, -0.2) is 27.1 Å². The summed E-state index contributed by atoms with van der Waals surface area (Å²) in [4.78, 5) is 11.2. The molecule has 14 heavy (non-hydrogen) atoms. The third-order valence-corrected chi connectivity index (χ3v) is 1.97. The molecule has 1 amide bonds. The fraction of sp³-hybridized carbons (Fsp3) is 0.556. The van der Waals surface area contributed by atoms with Crippen molar-refractivity contribution in [2.75, 3.05) is 0 Å². The first kappa shape index (κ1) is 11.0. The van der Waals surface area contributed by atoms with E-state index in [-0.39, 0.29) is 11.9 Å². The zero-order valence-electron chi connectivity index (χ0n) is 8.27. The minimum atomic E-state index is -0.491. The smallest absolute Gasteiger partial charge is 0.238 e. The minimum absolute atomic E-state index is 0.0311. The van der Waals surface area contributed by atoms with E-state index >= 15 is 0 Å². The largest absolute Gasteiger partial charge is 0.351 e. The van der Waals surface area contributed by atoms with E-state index in [1.165, 1.54) is 0 Å². The second kappa shape index (κ2) is 5.00. The molecule has 4 nitrogen and oxygen atoms in total. The molecule has 0 saturated carbocycles. The highest BCUT2D eigenvalue weighted by atomic mass is 35.5. The van der Waals surface area contributed by atoms with Gasteiger partial charge in [-0.2, -0.15) is 5.10 Å². The summed E-state index contributed by atoms with van der Waals surface area (Å²) in [5.41, 5.74) is 0. The van der Waals surface area contributed by atoms with Crippen molar-refractivity contribution in [3.05, 3.63) is 18.5 Å². The van der Waals surface area contributed by atoms with Crippen LogP contribution in [0.5, 0.6) is 0 Å². The number of nitrogens with one attached hydrogen (secondary N) is 1. The lowest BCUT2D eigenvalue weighted by atomic mass is 10.3. The van der Waals surface area contributed by atoms with E-state index in [0.717, 1.165) is 0 Å². The van der Waals surface area contributed by atoms with Gasteiger partial charge in [0.05, 0.1) is 6.54 Å². The second-order valence-electron chi connectivity index (χ2n) is 3.25. The summed E-state index contributed by atoms with van der Waals surface area (Å²) >= 11 is 5.62. The maximum absolute atomic E-state index is 11.2. The molecule has 2 atom stereocenters. The van der Waals surface area contributed by atoms with E-state index in [1.807, 2.05) is 19.2 Å². The molecule has 0 aliphatic carbocycles. The van der Waals surface area contributed by atoms with Gasteiger partial charge in [-0.25, -0.2) is 0 Å². The Kier molecular flexibility index (Phi) is 3.95. The standard InChI is InChI=1S/C9H14ClN3O/c1-7(12-9(14)8(2)10)6-13-5-3-4-11-13/h3-5,7-8H,6H2,1-2H3,(H,12,14). The Morgan fingerprint density at radius 3 is 2.86 bits per heavy atom. The van der Waals surface area contributed by atoms with Crippen molar-refractivity contribution in [3.63, 3.8) is 0 Å². The van der Waals surface area contributed by atoms with Gasteiger partial charge in [0.25, 0.3) is 0 Å². The third-order valence-electron chi connectivity index (χ3n) is 1.77. The number of alkyl halides is 1. The van der Waals surface area contributed by atoms with Crippen LogP contribution in [0.4, 0.5) is 0 Å². The Balaban J connectivity index is 2.36. The molecule has 2 unspecified atom stereocenters. The fourth-order valence-electron chi connectivity index (χ4n) is 1.09. The SMILES string of the molecule is CC(Cn1cccn1)NC(=O)C(C)Cl. The second-order valence-corrected chi connectivity index (χ2v) is 3.91. The van der Waals surface area contributed by atoms with Crippen LogP contribution in [0.2, 0.25) is 0 Å². The lowest BCUT2D eigenvalue weighted by Crippen LogP contribution is -2.39. The normalized spacial score (nSPS) is 14.8. The van der Waals surface area contributed by atoms with Gasteiger partial charge in [0, 0.05) is 18.4 Å². The zero-order valence-corrected chi connectivity index (χ0v) is 9.03. The van der Waals surface area contributed by atoms with Gasteiger partial charge in [-0.1, -0.05) is 0 Å². The summed E-state index contributed by atoms with van der Waals surface area (Å²) in [7, 11) is 0. The van der Waals surface area contributed by atoms with E-state index in [9.17, 15) is 4.79 Å². The number of aromatic nitrogens is 2. The van der Waals surface area contributed by atoms with E-state index in [2.05, 4.69) is 10.4 Å². The van der Waals surface area contributed by atoms with Crippen LogP contribution in [0.3, 0.4) is 0 Å². The Morgan fingerprint density at radius 2 is 2.36 bits per heavy atom. The van der Waals surface area contributed by atoms with Crippen molar-refractivity contribution in [3.8, 4) is 0 Å². The molecule has 0 radical (unpaired) electrons. The molecule has 0 aliphatic rings. The number of rotatable bonds is 4. The molecule has 1 N–H and O–H groups in total. The van der Waals surface area contributed by atoms with Crippen molar-refractivity contribution in [2.24, 2.45) is 0 Å². The van der Waals surface area contributed by atoms with Gasteiger partial charge in [0.1, 0.15) is 5.38 Å². The summed E-state index contributed by atoms with van der Waals surface area (Å²) in [5.74, 6) is -0.147. The van der Waals surface area contributed by atoms with Gasteiger partial charge in [-0.05, 0) is 19.9 Å². The zero-order chi connectivity index (χ0) is 10.6.